The van der Waals surface area contributed by atoms with Crippen molar-refractivity contribution in [3.8, 4) is 11.5 Å². The minimum atomic E-state index is -0.213. The van der Waals surface area contributed by atoms with Crippen LogP contribution in [0, 0.1) is 0 Å². The summed E-state index contributed by atoms with van der Waals surface area (Å²) in [5, 5.41) is 6.07. The molecule has 0 bridgehead atoms. The van der Waals surface area contributed by atoms with Crippen molar-refractivity contribution >= 4 is 17.4 Å². The smallest absolute Gasteiger partial charge is 0.255 e. The Morgan fingerprint density at radius 2 is 1.74 bits per heavy atom. The quantitative estimate of drug-likeness (QED) is 0.665. The number of anilines is 2. The van der Waals surface area contributed by atoms with Crippen LogP contribution in [0.15, 0.2) is 66.9 Å². The van der Waals surface area contributed by atoms with Gasteiger partial charge in [-0.25, -0.2) is 4.98 Å². The fraction of sp³-hybridized carbons (Fsp3) is 0.143. The summed E-state index contributed by atoms with van der Waals surface area (Å²) in [6, 6.07) is 18.4. The van der Waals surface area contributed by atoms with Crippen LogP contribution in [0.2, 0.25) is 0 Å². The predicted molar refractivity (Wildman–Crippen MR) is 106 cm³/mol. The Kier molecular flexibility index (Phi) is 5.89. The molecule has 0 fully saturated rings. The number of carbonyl (C=O) groups excluding carboxylic acids is 1. The summed E-state index contributed by atoms with van der Waals surface area (Å²) < 4.78 is 10.3. The Hall–Kier alpha value is -3.54. The zero-order valence-corrected chi connectivity index (χ0v) is 15.2. The molecule has 1 amide bonds. The van der Waals surface area contributed by atoms with E-state index in [1.165, 1.54) is 0 Å². The number of aromatic nitrogens is 1. The lowest BCUT2D eigenvalue weighted by Gasteiger charge is -2.09. The summed E-state index contributed by atoms with van der Waals surface area (Å²) in [6.45, 7) is 0.645. The van der Waals surface area contributed by atoms with Crippen LogP contribution in [0.3, 0.4) is 0 Å². The molecule has 3 aromatic rings. The van der Waals surface area contributed by atoms with Crippen LogP contribution in [0.4, 0.5) is 11.5 Å². The summed E-state index contributed by atoms with van der Waals surface area (Å²) in [7, 11) is 3.21. The molecule has 27 heavy (non-hydrogen) atoms. The second-order valence-corrected chi connectivity index (χ2v) is 5.82. The molecule has 0 saturated heterocycles. The number of rotatable bonds is 7. The average molecular weight is 363 g/mol. The Balaban J connectivity index is 1.56. The molecule has 0 aliphatic carbocycles. The number of pyridine rings is 1. The minimum Gasteiger partial charge on any atom is -0.497 e. The van der Waals surface area contributed by atoms with E-state index in [-0.39, 0.29) is 5.91 Å². The van der Waals surface area contributed by atoms with Crippen LogP contribution in [0.1, 0.15) is 15.9 Å². The van der Waals surface area contributed by atoms with Crippen molar-refractivity contribution in [2.75, 3.05) is 24.9 Å². The largest absolute Gasteiger partial charge is 0.497 e. The molecule has 1 heterocycles. The van der Waals surface area contributed by atoms with Crippen LogP contribution in [-0.4, -0.2) is 25.1 Å². The number of benzene rings is 2. The van der Waals surface area contributed by atoms with E-state index in [1.54, 1.807) is 50.7 Å². The highest BCUT2D eigenvalue weighted by Crippen LogP contribution is 2.16. The van der Waals surface area contributed by atoms with Crippen molar-refractivity contribution in [2.45, 2.75) is 6.54 Å². The van der Waals surface area contributed by atoms with Crippen LogP contribution in [-0.2, 0) is 6.54 Å². The van der Waals surface area contributed by atoms with Gasteiger partial charge in [-0.2, -0.15) is 0 Å². The topological polar surface area (TPSA) is 72.5 Å². The first kappa shape index (κ1) is 18.3. The maximum atomic E-state index is 12.3. The van der Waals surface area contributed by atoms with Crippen LogP contribution in [0.5, 0.6) is 11.5 Å². The summed E-state index contributed by atoms with van der Waals surface area (Å²) in [6.07, 6.45) is 1.62. The maximum Gasteiger partial charge on any atom is 0.255 e. The van der Waals surface area contributed by atoms with Crippen molar-refractivity contribution in [3.05, 3.63) is 78.0 Å². The van der Waals surface area contributed by atoms with Gasteiger partial charge in [0.25, 0.3) is 5.91 Å². The molecule has 0 saturated carbocycles. The van der Waals surface area contributed by atoms with E-state index in [0.717, 1.165) is 17.1 Å². The van der Waals surface area contributed by atoms with Crippen LogP contribution in [0.25, 0.3) is 0 Å². The van der Waals surface area contributed by atoms with Gasteiger partial charge in [0.1, 0.15) is 17.3 Å². The van der Waals surface area contributed by atoms with Gasteiger partial charge in [0.15, 0.2) is 0 Å². The number of amides is 1. The molecule has 2 aromatic carbocycles. The SMILES string of the molecule is COc1ccc(CNc2ccc(NC(=O)c3cccc(OC)c3)cn2)cc1. The first-order valence-electron chi connectivity index (χ1n) is 8.46. The van der Waals surface area contributed by atoms with E-state index >= 15 is 0 Å². The molecule has 0 spiro atoms. The van der Waals surface area contributed by atoms with Crippen molar-refractivity contribution in [2.24, 2.45) is 0 Å². The molecule has 138 valence electrons. The maximum absolute atomic E-state index is 12.3. The average Bonchev–Trinajstić information content (AvgIpc) is 2.73. The van der Waals surface area contributed by atoms with Crippen molar-refractivity contribution in [3.63, 3.8) is 0 Å². The number of hydrogen-bond acceptors (Lipinski definition) is 5. The highest BCUT2D eigenvalue weighted by molar-refractivity contribution is 6.04. The molecule has 6 heteroatoms. The van der Waals surface area contributed by atoms with Gasteiger partial charge in [0.05, 0.1) is 26.1 Å². The van der Waals surface area contributed by atoms with Gasteiger partial charge < -0.3 is 20.1 Å². The monoisotopic (exact) mass is 363 g/mol. The fourth-order valence-corrected chi connectivity index (χ4v) is 2.48. The van der Waals surface area contributed by atoms with E-state index in [4.69, 9.17) is 9.47 Å². The summed E-state index contributed by atoms with van der Waals surface area (Å²) >= 11 is 0. The lowest BCUT2D eigenvalue weighted by molar-refractivity contribution is 0.102. The molecule has 1 aromatic heterocycles. The third-order valence-corrected chi connectivity index (χ3v) is 3.99. The lowest BCUT2D eigenvalue weighted by Crippen LogP contribution is -2.12. The van der Waals surface area contributed by atoms with Crippen LogP contribution >= 0.6 is 0 Å². The third-order valence-electron chi connectivity index (χ3n) is 3.99. The Bertz CT molecular complexity index is 893. The normalized spacial score (nSPS) is 10.1. The molecule has 0 aliphatic heterocycles. The lowest BCUT2D eigenvalue weighted by atomic mass is 10.2. The van der Waals surface area contributed by atoms with Gasteiger partial charge >= 0.3 is 0 Å². The number of methoxy groups -OCH3 is 2. The number of ether oxygens (including phenoxy) is 2. The molecule has 0 unspecified atom stereocenters. The molecule has 2 N–H and O–H groups in total. The van der Waals surface area contributed by atoms with E-state index in [2.05, 4.69) is 15.6 Å². The van der Waals surface area contributed by atoms with E-state index in [0.29, 0.717) is 23.5 Å². The molecular formula is C21H21N3O3. The van der Waals surface area contributed by atoms with Gasteiger partial charge in [-0.1, -0.05) is 18.2 Å². The summed E-state index contributed by atoms with van der Waals surface area (Å²) in [4.78, 5) is 16.6. The predicted octanol–water partition coefficient (Wildman–Crippen LogP) is 3.96. The first-order chi connectivity index (χ1) is 13.2. The first-order valence-corrected chi connectivity index (χ1v) is 8.46. The van der Waals surface area contributed by atoms with E-state index < -0.39 is 0 Å². The molecule has 0 aliphatic rings. The second-order valence-electron chi connectivity index (χ2n) is 5.82. The van der Waals surface area contributed by atoms with E-state index in [9.17, 15) is 4.79 Å². The van der Waals surface area contributed by atoms with Crippen LogP contribution < -0.4 is 20.1 Å². The Morgan fingerprint density at radius 3 is 2.41 bits per heavy atom. The van der Waals surface area contributed by atoms with Gasteiger partial charge in [-0.3, -0.25) is 4.79 Å². The molecule has 0 radical (unpaired) electrons. The number of nitrogens with zero attached hydrogens (tertiary/aromatic N) is 1. The summed E-state index contributed by atoms with van der Waals surface area (Å²) in [5.74, 6) is 1.98. The highest BCUT2D eigenvalue weighted by Gasteiger charge is 2.07. The number of hydrogen-bond donors (Lipinski definition) is 2. The van der Waals surface area contributed by atoms with Gasteiger partial charge in [0, 0.05) is 12.1 Å². The van der Waals surface area contributed by atoms with Gasteiger partial charge in [0.2, 0.25) is 0 Å². The fourth-order valence-electron chi connectivity index (χ4n) is 2.48. The van der Waals surface area contributed by atoms with Crippen molar-refractivity contribution in [1.29, 1.82) is 0 Å². The Morgan fingerprint density at radius 1 is 0.963 bits per heavy atom. The second kappa shape index (κ2) is 8.71. The number of carbonyl (C=O) groups is 1. The molecule has 6 nitrogen and oxygen atoms in total. The highest BCUT2D eigenvalue weighted by atomic mass is 16.5. The number of nitrogens with one attached hydrogen (secondary N) is 2. The van der Waals surface area contributed by atoms with E-state index in [1.807, 2.05) is 30.3 Å². The minimum absolute atomic E-state index is 0.213. The van der Waals surface area contributed by atoms with Gasteiger partial charge in [-0.15, -0.1) is 0 Å². The zero-order valence-electron chi connectivity index (χ0n) is 15.2. The Labute approximate surface area is 158 Å². The van der Waals surface area contributed by atoms with Gasteiger partial charge in [-0.05, 0) is 48.0 Å². The zero-order chi connectivity index (χ0) is 19.1. The molecule has 0 atom stereocenters. The van der Waals surface area contributed by atoms with Crippen molar-refractivity contribution < 1.29 is 14.3 Å². The molecular weight excluding hydrogens is 342 g/mol. The van der Waals surface area contributed by atoms with Crippen molar-refractivity contribution in [1.82, 2.24) is 4.98 Å². The molecule has 3 rings (SSSR count). The summed E-state index contributed by atoms with van der Waals surface area (Å²) in [5.41, 5.74) is 2.27. The standard InChI is InChI=1S/C21H21N3O3/c1-26-18-9-6-15(7-10-18)13-22-20-11-8-17(14-23-20)24-21(25)16-4-3-5-19(12-16)27-2/h3-12,14H,13H2,1-2H3,(H,22,23)(H,24,25). The third kappa shape index (κ3) is 4.98.